The number of carbonyl (C=O) groups excluding carboxylic acids is 2. The van der Waals surface area contributed by atoms with Crippen molar-refractivity contribution >= 4 is 23.1 Å². The molecule has 3 rings (SSSR count). The summed E-state index contributed by atoms with van der Waals surface area (Å²) in [5.74, 6) is -1.29. The van der Waals surface area contributed by atoms with Gasteiger partial charge in [-0.25, -0.2) is 4.98 Å². The van der Waals surface area contributed by atoms with E-state index in [1.54, 1.807) is 35.1 Å². The van der Waals surface area contributed by atoms with E-state index < -0.39 is 17.2 Å². The molecular formula is C16H17N5O2. The maximum absolute atomic E-state index is 12.3. The number of pyridine rings is 1. The molecule has 1 aliphatic rings. The molecule has 23 heavy (non-hydrogen) atoms. The highest BCUT2D eigenvalue weighted by atomic mass is 16.2. The molecule has 1 N–H and O–H groups in total. The molecule has 0 bridgehead atoms. The van der Waals surface area contributed by atoms with E-state index in [9.17, 15) is 14.9 Å². The van der Waals surface area contributed by atoms with Crippen LogP contribution >= 0.6 is 0 Å². The van der Waals surface area contributed by atoms with Crippen LogP contribution < -0.4 is 5.32 Å². The van der Waals surface area contributed by atoms with Gasteiger partial charge in [0.05, 0.1) is 11.5 Å². The number of piperidine rings is 1. The summed E-state index contributed by atoms with van der Waals surface area (Å²) in [7, 11) is 0. The summed E-state index contributed by atoms with van der Waals surface area (Å²) < 4.78 is 1.81. The van der Waals surface area contributed by atoms with Crippen molar-refractivity contribution in [2.75, 3.05) is 18.4 Å². The number of carbonyl (C=O) groups is 2. The highest BCUT2D eigenvalue weighted by Crippen LogP contribution is 2.28. The second-order valence-electron chi connectivity index (χ2n) is 6.06. The number of hydrogen-bond donors (Lipinski definition) is 1. The van der Waals surface area contributed by atoms with Gasteiger partial charge in [0.1, 0.15) is 5.65 Å². The molecule has 1 saturated heterocycles. The lowest BCUT2D eigenvalue weighted by Crippen LogP contribution is -2.48. The van der Waals surface area contributed by atoms with Gasteiger partial charge in [-0.2, -0.15) is 5.26 Å². The van der Waals surface area contributed by atoms with Crippen LogP contribution in [0.4, 0.5) is 5.69 Å². The number of hydrogen-bond acceptors (Lipinski definition) is 4. The van der Waals surface area contributed by atoms with Crippen molar-refractivity contribution < 1.29 is 9.59 Å². The molecule has 0 spiro atoms. The molecule has 7 nitrogen and oxygen atoms in total. The summed E-state index contributed by atoms with van der Waals surface area (Å²) in [6, 6.07) is 5.63. The van der Waals surface area contributed by atoms with Gasteiger partial charge in [-0.1, -0.05) is 0 Å². The van der Waals surface area contributed by atoms with Gasteiger partial charge in [-0.3, -0.25) is 9.59 Å². The maximum atomic E-state index is 12.3. The van der Waals surface area contributed by atoms with E-state index in [2.05, 4.69) is 16.4 Å². The number of nitrogens with one attached hydrogen (secondary N) is 1. The summed E-state index contributed by atoms with van der Waals surface area (Å²) in [5, 5.41) is 11.8. The fraction of sp³-hybridized carbons (Fsp3) is 0.375. The number of nitriles is 1. The van der Waals surface area contributed by atoms with Crippen molar-refractivity contribution in [1.29, 1.82) is 5.26 Å². The second kappa shape index (κ2) is 5.72. The van der Waals surface area contributed by atoms with E-state index in [0.717, 1.165) is 12.8 Å². The van der Waals surface area contributed by atoms with Crippen LogP contribution in [0.25, 0.3) is 5.65 Å². The normalized spacial score (nSPS) is 21.0. The third-order valence-electron chi connectivity index (χ3n) is 4.10. The van der Waals surface area contributed by atoms with Crippen molar-refractivity contribution in [2.24, 2.45) is 5.41 Å². The van der Waals surface area contributed by atoms with Gasteiger partial charge in [0.25, 0.3) is 0 Å². The molecule has 0 saturated carbocycles. The Morgan fingerprint density at radius 3 is 3.04 bits per heavy atom. The molecule has 1 unspecified atom stereocenters. The zero-order valence-electron chi connectivity index (χ0n) is 12.8. The molecule has 7 heteroatoms. The predicted octanol–water partition coefficient (Wildman–Crippen LogP) is 1.43. The number of likely N-dealkylation sites (tertiary alicyclic amines) is 1. The summed E-state index contributed by atoms with van der Waals surface area (Å²) in [4.78, 5) is 30.1. The molecule has 1 aliphatic heterocycles. The van der Waals surface area contributed by atoms with E-state index in [1.165, 1.54) is 4.90 Å². The summed E-state index contributed by atoms with van der Waals surface area (Å²) in [5.41, 5.74) is 0.621. The first-order valence-corrected chi connectivity index (χ1v) is 7.45. The maximum Gasteiger partial charge on any atom is 0.313 e. The number of nitrogens with zero attached hydrogens (tertiary/aromatic N) is 4. The van der Waals surface area contributed by atoms with Gasteiger partial charge in [0.15, 0.2) is 0 Å². The summed E-state index contributed by atoms with van der Waals surface area (Å²) in [6.45, 7) is 2.61. The molecule has 2 aromatic rings. The molecular weight excluding hydrogens is 294 g/mol. The smallest absolute Gasteiger partial charge is 0.313 e. The topological polar surface area (TPSA) is 90.5 Å². The molecule has 0 radical (unpaired) electrons. The van der Waals surface area contributed by atoms with E-state index in [0.29, 0.717) is 17.9 Å². The summed E-state index contributed by atoms with van der Waals surface area (Å²) in [6.07, 6.45) is 6.68. The minimum absolute atomic E-state index is 0.287. The number of rotatable bonds is 1. The Bertz CT molecular complexity index is 806. The van der Waals surface area contributed by atoms with Crippen molar-refractivity contribution in [3.63, 3.8) is 0 Å². The molecule has 118 valence electrons. The Morgan fingerprint density at radius 2 is 2.26 bits per heavy atom. The lowest BCUT2D eigenvalue weighted by atomic mass is 9.83. The van der Waals surface area contributed by atoms with Crippen LogP contribution in [0.2, 0.25) is 0 Å². The Hall–Kier alpha value is -2.88. The standard InChI is InChI=1S/C16H17N5O2/c1-16(10-17)4-2-6-21(11-16)15(23)14(22)19-12-3-7-20-8-5-18-13(20)9-12/h3,5,7-9H,2,4,6,11H2,1H3,(H,19,22). The third-order valence-corrected chi connectivity index (χ3v) is 4.10. The first kappa shape index (κ1) is 15.0. The molecule has 1 fully saturated rings. The quantitative estimate of drug-likeness (QED) is 0.807. The average Bonchev–Trinajstić information content (AvgIpc) is 3.02. The van der Waals surface area contributed by atoms with Crippen LogP contribution in [0.3, 0.4) is 0 Å². The van der Waals surface area contributed by atoms with Crippen molar-refractivity contribution in [1.82, 2.24) is 14.3 Å². The van der Waals surface area contributed by atoms with Gasteiger partial charge in [-0.15, -0.1) is 0 Å². The Kier molecular flexibility index (Phi) is 3.74. The van der Waals surface area contributed by atoms with Gasteiger partial charge in [0, 0.05) is 43.4 Å². The first-order chi connectivity index (χ1) is 11.0. The lowest BCUT2D eigenvalue weighted by Gasteiger charge is -2.35. The van der Waals surface area contributed by atoms with Crippen LogP contribution in [0.5, 0.6) is 0 Å². The summed E-state index contributed by atoms with van der Waals surface area (Å²) >= 11 is 0. The number of imidazole rings is 1. The largest absolute Gasteiger partial charge is 0.333 e. The van der Waals surface area contributed by atoms with Gasteiger partial charge >= 0.3 is 11.8 Å². The van der Waals surface area contributed by atoms with Crippen molar-refractivity contribution in [3.8, 4) is 6.07 Å². The highest BCUT2D eigenvalue weighted by molar-refractivity contribution is 6.39. The molecule has 1 atom stereocenters. The average molecular weight is 311 g/mol. The number of aromatic nitrogens is 2. The molecule has 2 amide bonds. The predicted molar refractivity (Wildman–Crippen MR) is 83.4 cm³/mol. The fourth-order valence-corrected chi connectivity index (χ4v) is 2.82. The van der Waals surface area contributed by atoms with E-state index >= 15 is 0 Å². The lowest BCUT2D eigenvalue weighted by molar-refractivity contribution is -0.144. The zero-order chi connectivity index (χ0) is 16.4. The van der Waals surface area contributed by atoms with Gasteiger partial charge in [-0.05, 0) is 25.8 Å². The minimum Gasteiger partial charge on any atom is -0.333 e. The van der Waals surface area contributed by atoms with Crippen molar-refractivity contribution in [2.45, 2.75) is 19.8 Å². The first-order valence-electron chi connectivity index (χ1n) is 7.45. The van der Waals surface area contributed by atoms with Crippen LogP contribution in [-0.2, 0) is 9.59 Å². The van der Waals surface area contributed by atoms with Crippen LogP contribution in [0.1, 0.15) is 19.8 Å². The Balaban J connectivity index is 1.70. The van der Waals surface area contributed by atoms with E-state index in [1.807, 2.05) is 6.92 Å². The molecule has 0 aromatic carbocycles. The van der Waals surface area contributed by atoms with Crippen LogP contribution in [0, 0.1) is 16.7 Å². The molecule has 2 aromatic heterocycles. The Labute approximate surface area is 133 Å². The third kappa shape index (κ3) is 3.01. The van der Waals surface area contributed by atoms with Crippen LogP contribution in [0.15, 0.2) is 30.7 Å². The fourth-order valence-electron chi connectivity index (χ4n) is 2.82. The van der Waals surface area contributed by atoms with Crippen LogP contribution in [-0.4, -0.2) is 39.2 Å². The monoisotopic (exact) mass is 311 g/mol. The van der Waals surface area contributed by atoms with E-state index in [-0.39, 0.29) is 6.54 Å². The second-order valence-corrected chi connectivity index (χ2v) is 6.06. The van der Waals surface area contributed by atoms with E-state index in [4.69, 9.17) is 0 Å². The number of anilines is 1. The minimum atomic E-state index is -0.692. The van der Waals surface area contributed by atoms with Crippen molar-refractivity contribution in [3.05, 3.63) is 30.7 Å². The number of amides is 2. The molecule has 0 aliphatic carbocycles. The van der Waals surface area contributed by atoms with Gasteiger partial charge < -0.3 is 14.6 Å². The zero-order valence-corrected chi connectivity index (χ0v) is 12.8. The van der Waals surface area contributed by atoms with Gasteiger partial charge in [0.2, 0.25) is 0 Å². The SMILES string of the molecule is CC1(C#N)CCCN(C(=O)C(=O)Nc2ccn3ccnc3c2)C1. The Morgan fingerprint density at radius 1 is 1.43 bits per heavy atom. The molecule has 3 heterocycles. The number of fused-ring (bicyclic) bond motifs is 1. The highest BCUT2D eigenvalue weighted by Gasteiger charge is 2.35.